The van der Waals surface area contributed by atoms with E-state index in [0.29, 0.717) is 44.7 Å². The van der Waals surface area contributed by atoms with Crippen molar-refractivity contribution in [1.82, 2.24) is 15.1 Å². The first kappa shape index (κ1) is 21.1. The SMILES string of the molecule is CC(C)(C)OC(=O)N1CCN(c2cccc3c2CN([C@H]2CCC(=O)NC2=O)C3=O)CC1. The summed E-state index contributed by atoms with van der Waals surface area (Å²) in [6.45, 7) is 8.19. The first-order chi connectivity index (χ1) is 14.6. The third-order valence-corrected chi connectivity index (χ3v) is 5.83. The van der Waals surface area contributed by atoms with Gasteiger partial charge in [-0.05, 0) is 39.3 Å². The van der Waals surface area contributed by atoms with Crippen molar-refractivity contribution >= 4 is 29.5 Å². The fourth-order valence-corrected chi connectivity index (χ4v) is 4.32. The molecule has 1 aromatic rings. The normalized spacial score (nSPS) is 21.8. The molecule has 1 atom stereocenters. The number of fused-ring (bicyclic) bond motifs is 1. The summed E-state index contributed by atoms with van der Waals surface area (Å²) in [5.41, 5.74) is 1.90. The molecule has 1 N–H and O–H groups in total. The minimum Gasteiger partial charge on any atom is -0.444 e. The summed E-state index contributed by atoms with van der Waals surface area (Å²) >= 11 is 0. The first-order valence-electron chi connectivity index (χ1n) is 10.6. The monoisotopic (exact) mass is 428 g/mol. The van der Waals surface area contributed by atoms with Gasteiger partial charge in [0.25, 0.3) is 5.91 Å². The third kappa shape index (κ3) is 4.22. The minimum absolute atomic E-state index is 0.182. The van der Waals surface area contributed by atoms with Gasteiger partial charge in [-0.2, -0.15) is 0 Å². The molecule has 3 aliphatic rings. The average molecular weight is 428 g/mol. The number of benzene rings is 1. The topological polar surface area (TPSA) is 99.3 Å². The van der Waals surface area contributed by atoms with Crippen LogP contribution in [0.3, 0.4) is 0 Å². The number of piperazine rings is 1. The number of hydrogen-bond donors (Lipinski definition) is 1. The number of piperidine rings is 1. The number of amides is 4. The fourth-order valence-electron chi connectivity index (χ4n) is 4.32. The molecule has 2 saturated heterocycles. The molecule has 166 valence electrons. The lowest BCUT2D eigenvalue weighted by atomic mass is 10.0. The Morgan fingerprint density at radius 2 is 1.81 bits per heavy atom. The molecule has 0 bridgehead atoms. The lowest BCUT2D eigenvalue weighted by Gasteiger charge is -2.37. The Hall–Kier alpha value is -3.10. The van der Waals surface area contributed by atoms with Crippen LogP contribution in [0.1, 0.15) is 49.5 Å². The maximum Gasteiger partial charge on any atom is 0.410 e. The number of hydrogen-bond acceptors (Lipinski definition) is 6. The van der Waals surface area contributed by atoms with Crippen molar-refractivity contribution < 1.29 is 23.9 Å². The van der Waals surface area contributed by atoms with Gasteiger partial charge in [0.2, 0.25) is 11.8 Å². The van der Waals surface area contributed by atoms with Gasteiger partial charge in [-0.25, -0.2) is 4.79 Å². The van der Waals surface area contributed by atoms with Crippen molar-refractivity contribution in [3.63, 3.8) is 0 Å². The minimum atomic E-state index is -0.630. The second-order valence-electron chi connectivity index (χ2n) is 9.16. The van der Waals surface area contributed by atoms with Crippen LogP contribution in [0.15, 0.2) is 18.2 Å². The van der Waals surface area contributed by atoms with E-state index in [1.54, 1.807) is 15.9 Å². The van der Waals surface area contributed by atoms with Crippen LogP contribution in [0.25, 0.3) is 0 Å². The van der Waals surface area contributed by atoms with E-state index in [-0.39, 0.29) is 24.3 Å². The van der Waals surface area contributed by atoms with Crippen molar-refractivity contribution in [2.75, 3.05) is 31.1 Å². The fraction of sp³-hybridized carbons (Fsp3) is 0.545. The van der Waals surface area contributed by atoms with Crippen molar-refractivity contribution in [3.8, 4) is 0 Å². The molecule has 3 aliphatic heterocycles. The number of nitrogens with one attached hydrogen (secondary N) is 1. The Kier molecular flexibility index (Phi) is 5.36. The standard InChI is InChI=1S/C22H28N4O5/c1-22(2,3)31-21(30)25-11-9-24(10-12-25)16-6-4-5-14-15(16)13-26(20(14)29)17-7-8-18(27)23-19(17)28/h4-6,17H,7-13H2,1-3H3,(H,23,27,28)/t17-/m0/s1. The van der Waals surface area contributed by atoms with Gasteiger partial charge < -0.3 is 19.4 Å². The Morgan fingerprint density at radius 1 is 1.10 bits per heavy atom. The van der Waals surface area contributed by atoms with Crippen molar-refractivity contribution in [3.05, 3.63) is 29.3 Å². The number of imide groups is 1. The molecule has 0 aromatic heterocycles. The number of rotatable bonds is 2. The lowest BCUT2D eigenvalue weighted by molar-refractivity contribution is -0.136. The van der Waals surface area contributed by atoms with E-state index in [0.717, 1.165) is 11.3 Å². The summed E-state index contributed by atoms with van der Waals surface area (Å²) in [5, 5.41) is 2.33. The van der Waals surface area contributed by atoms with Gasteiger partial charge in [-0.1, -0.05) is 6.07 Å². The zero-order chi connectivity index (χ0) is 22.3. The Balaban J connectivity index is 1.47. The molecule has 0 aliphatic carbocycles. The quantitative estimate of drug-likeness (QED) is 0.717. The van der Waals surface area contributed by atoms with Gasteiger partial charge in [0.1, 0.15) is 11.6 Å². The van der Waals surface area contributed by atoms with Gasteiger partial charge >= 0.3 is 6.09 Å². The molecule has 2 fully saturated rings. The average Bonchev–Trinajstić information content (AvgIpc) is 3.03. The molecular weight excluding hydrogens is 400 g/mol. The van der Waals surface area contributed by atoms with Gasteiger partial charge in [-0.15, -0.1) is 0 Å². The molecule has 0 unspecified atom stereocenters. The van der Waals surface area contributed by atoms with Crippen LogP contribution in [-0.2, 0) is 20.9 Å². The summed E-state index contributed by atoms with van der Waals surface area (Å²) in [6.07, 6.45) is 0.259. The second kappa shape index (κ2) is 7.86. The summed E-state index contributed by atoms with van der Waals surface area (Å²) < 4.78 is 5.46. The highest BCUT2D eigenvalue weighted by atomic mass is 16.6. The largest absolute Gasteiger partial charge is 0.444 e. The van der Waals surface area contributed by atoms with Crippen LogP contribution in [0.2, 0.25) is 0 Å². The summed E-state index contributed by atoms with van der Waals surface area (Å²) in [5.74, 6) is -0.891. The zero-order valence-corrected chi connectivity index (χ0v) is 18.1. The van der Waals surface area contributed by atoms with Gasteiger partial charge in [-0.3, -0.25) is 19.7 Å². The van der Waals surface area contributed by atoms with Crippen LogP contribution in [0.4, 0.5) is 10.5 Å². The lowest BCUT2D eigenvalue weighted by Crippen LogP contribution is -2.52. The Morgan fingerprint density at radius 3 is 2.45 bits per heavy atom. The zero-order valence-electron chi connectivity index (χ0n) is 18.1. The summed E-state index contributed by atoms with van der Waals surface area (Å²) in [7, 11) is 0. The maximum absolute atomic E-state index is 13.0. The molecule has 9 nitrogen and oxygen atoms in total. The van der Waals surface area contributed by atoms with E-state index in [9.17, 15) is 19.2 Å². The summed E-state index contributed by atoms with van der Waals surface area (Å²) in [6, 6.07) is 4.97. The molecule has 9 heteroatoms. The first-order valence-corrected chi connectivity index (χ1v) is 10.6. The highest BCUT2D eigenvalue weighted by Gasteiger charge is 2.40. The number of nitrogens with zero attached hydrogens (tertiary/aromatic N) is 3. The van der Waals surface area contributed by atoms with Crippen molar-refractivity contribution in [2.24, 2.45) is 0 Å². The maximum atomic E-state index is 13.0. The van der Waals surface area contributed by atoms with E-state index in [1.807, 2.05) is 32.9 Å². The predicted octanol–water partition coefficient (Wildman–Crippen LogP) is 1.50. The molecule has 3 heterocycles. The van der Waals surface area contributed by atoms with Gasteiger partial charge in [0.15, 0.2) is 0 Å². The van der Waals surface area contributed by atoms with Crippen LogP contribution in [0, 0.1) is 0 Å². The van der Waals surface area contributed by atoms with E-state index in [4.69, 9.17) is 4.74 Å². The van der Waals surface area contributed by atoms with E-state index in [1.165, 1.54) is 0 Å². The van der Waals surface area contributed by atoms with Crippen LogP contribution >= 0.6 is 0 Å². The number of carbonyl (C=O) groups is 4. The molecule has 4 amide bonds. The molecule has 4 rings (SSSR count). The molecule has 1 aromatic carbocycles. The number of ether oxygens (including phenoxy) is 1. The number of carbonyl (C=O) groups excluding carboxylic acids is 4. The summed E-state index contributed by atoms with van der Waals surface area (Å²) in [4.78, 5) is 54.5. The smallest absolute Gasteiger partial charge is 0.410 e. The molecule has 0 saturated carbocycles. The van der Waals surface area contributed by atoms with E-state index < -0.39 is 17.6 Å². The highest BCUT2D eigenvalue weighted by Crippen LogP contribution is 2.34. The van der Waals surface area contributed by atoms with Gasteiger partial charge in [0, 0.05) is 56.0 Å². The molecule has 31 heavy (non-hydrogen) atoms. The predicted molar refractivity (Wildman–Crippen MR) is 113 cm³/mol. The van der Waals surface area contributed by atoms with Crippen molar-refractivity contribution in [1.29, 1.82) is 0 Å². The van der Waals surface area contributed by atoms with Crippen LogP contribution < -0.4 is 10.2 Å². The van der Waals surface area contributed by atoms with Crippen LogP contribution in [0.5, 0.6) is 0 Å². The van der Waals surface area contributed by atoms with E-state index >= 15 is 0 Å². The van der Waals surface area contributed by atoms with E-state index in [2.05, 4.69) is 10.2 Å². The highest BCUT2D eigenvalue weighted by molar-refractivity contribution is 6.06. The molecule has 0 radical (unpaired) electrons. The molecular formula is C22H28N4O5. The van der Waals surface area contributed by atoms with Crippen molar-refractivity contribution in [2.45, 2.75) is 51.8 Å². The Labute approximate surface area is 181 Å². The second-order valence-corrected chi connectivity index (χ2v) is 9.16. The third-order valence-electron chi connectivity index (χ3n) is 5.83. The number of anilines is 1. The molecule has 0 spiro atoms. The van der Waals surface area contributed by atoms with Gasteiger partial charge in [0.05, 0.1) is 0 Å². The van der Waals surface area contributed by atoms with Crippen LogP contribution in [-0.4, -0.2) is 71.4 Å². The Bertz CT molecular complexity index is 930.